The van der Waals surface area contributed by atoms with Gasteiger partial charge in [0.15, 0.2) is 11.4 Å². The maximum Gasteiger partial charge on any atom is 0.169 e. The van der Waals surface area contributed by atoms with Crippen LogP contribution in [0.15, 0.2) is 12.3 Å². The van der Waals surface area contributed by atoms with E-state index >= 15 is 0 Å². The zero-order valence-electron chi connectivity index (χ0n) is 9.27. The van der Waals surface area contributed by atoms with Crippen LogP contribution in [-0.4, -0.2) is 26.4 Å². The molecule has 88 valence electrons. The maximum absolute atomic E-state index is 11.4. The minimum absolute atomic E-state index is 0.0628. The molecule has 0 aromatic carbocycles. The van der Waals surface area contributed by atoms with Gasteiger partial charge in [0.05, 0.1) is 11.8 Å². The maximum atomic E-state index is 11.4. The van der Waals surface area contributed by atoms with Gasteiger partial charge in [0.2, 0.25) is 0 Å². The van der Waals surface area contributed by atoms with Crippen LogP contribution >= 0.6 is 11.6 Å². The molecule has 0 radical (unpaired) electrons. The minimum atomic E-state index is -0.0628. The van der Waals surface area contributed by atoms with Crippen LogP contribution in [-0.2, 0) is 0 Å². The van der Waals surface area contributed by atoms with Crippen molar-refractivity contribution in [3.63, 3.8) is 0 Å². The number of halogens is 1. The van der Waals surface area contributed by atoms with Gasteiger partial charge in [-0.05, 0) is 19.8 Å². The lowest BCUT2D eigenvalue weighted by Crippen LogP contribution is -2.08. The van der Waals surface area contributed by atoms with E-state index in [1.165, 1.54) is 13.1 Å². The molecule has 0 atom stereocenters. The summed E-state index contributed by atoms with van der Waals surface area (Å²) in [6.45, 7) is 1.49. The van der Waals surface area contributed by atoms with E-state index in [0.29, 0.717) is 22.4 Å². The van der Waals surface area contributed by atoms with Gasteiger partial charge in [0.25, 0.3) is 0 Å². The van der Waals surface area contributed by atoms with Crippen LogP contribution in [0.2, 0.25) is 5.15 Å². The zero-order valence-corrected chi connectivity index (χ0v) is 10.0. The smallest absolute Gasteiger partial charge is 0.169 e. The monoisotopic (exact) mass is 250 g/mol. The highest BCUT2D eigenvalue weighted by Gasteiger charge is 2.23. The number of nitrogens with zero attached hydrogens (tertiary/aromatic N) is 3. The molecular formula is C11H11ClN4O. The van der Waals surface area contributed by atoms with E-state index in [1.54, 1.807) is 10.6 Å². The lowest BCUT2D eigenvalue weighted by atomic mass is 10.2. The number of carbonyl (C=O) groups is 1. The summed E-state index contributed by atoms with van der Waals surface area (Å²) in [4.78, 5) is 15.6. The average Bonchev–Trinajstić information content (AvgIpc) is 2.94. The summed E-state index contributed by atoms with van der Waals surface area (Å²) in [5, 5.41) is 7.86. The van der Waals surface area contributed by atoms with E-state index in [4.69, 9.17) is 11.6 Å². The number of nitrogens with one attached hydrogen (secondary N) is 1. The van der Waals surface area contributed by atoms with Crippen molar-refractivity contribution in [2.75, 3.05) is 5.32 Å². The molecule has 0 unspecified atom stereocenters. The van der Waals surface area contributed by atoms with Crippen molar-refractivity contribution >= 4 is 28.8 Å². The zero-order chi connectivity index (χ0) is 12.0. The fraction of sp³-hybridized carbons (Fsp3) is 0.364. The minimum Gasteiger partial charge on any atom is -0.367 e. The van der Waals surface area contributed by atoms with Gasteiger partial charge in [-0.25, -0.2) is 4.98 Å². The molecule has 0 saturated heterocycles. The molecule has 3 rings (SSSR count). The van der Waals surface area contributed by atoms with Gasteiger partial charge in [-0.2, -0.15) is 9.61 Å². The molecule has 1 aliphatic carbocycles. The molecule has 2 aromatic rings. The highest BCUT2D eigenvalue weighted by Crippen LogP contribution is 2.26. The van der Waals surface area contributed by atoms with E-state index in [0.717, 1.165) is 18.7 Å². The molecule has 1 saturated carbocycles. The number of rotatable bonds is 3. The number of hydrogen-bond donors (Lipinski definition) is 1. The SMILES string of the molecule is CC(=O)c1cnn2c(NC3CC3)cc(Cl)nc12. The molecule has 6 heteroatoms. The lowest BCUT2D eigenvalue weighted by molar-refractivity contribution is 0.101. The second-order valence-electron chi connectivity index (χ2n) is 4.23. The van der Waals surface area contributed by atoms with Gasteiger partial charge in [-0.3, -0.25) is 4.79 Å². The fourth-order valence-corrected chi connectivity index (χ4v) is 1.90. The van der Waals surface area contributed by atoms with Gasteiger partial charge >= 0.3 is 0 Å². The first-order valence-electron chi connectivity index (χ1n) is 5.47. The fourth-order valence-electron chi connectivity index (χ4n) is 1.72. The van der Waals surface area contributed by atoms with Crippen LogP contribution in [0.1, 0.15) is 30.1 Å². The summed E-state index contributed by atoms with van der Waals surface area (Å²) in [6.07, 6.45) is 3.84. The number of hydrogen-bond acceptors (Lipinski definition) is 4. The van der Waals surface area contributed by atoms with Crippen molar-refractivity contribution in [1.29, 1.82) is 0 Å². The van der Waals surface area contributed by atoms with E-state index in [9.17, 15) is 4.79 Å². The quantitative estimate of drug-likeness (QED) is 0.670. The third-order valence-electron chi connectivity index (χ3n) is 2.75. The van der Waals surface area contributed by atoms with Crippen LogP contribution < -0.4 is 5.32 Å². The average molecular weight is 251 g/mol. The molecular weight excluding hydrogens is 240 g/mol. The van der Waals surface area contributed by atoms with Gasteiger partial charge < -0.3 is 5.32 Å². The first-order valence-corrected chi connectivity index (χ1v) is 5.84. The van der Waals surface area contributed by atoms with Gasteiger partial charge in [-0.1, -0.05) is 11.6 Å². The Morgan fingerprint density at radius 3 is 3.00 bits per heavy atom. The Bertz CT molecular complexity index is 603. The Balaban J connectivity index is 2.17. The van der Waals surface area contributed by atoms with E-state index in [2.05, 4.69) is 15.4 Å². The summed E-state index contributed by atoms with van der Waals surface area (Å²) in [5.74, 6) is 0.724. The van der Waals surface area contributed by atoms with Crippen molar-refractivity contribution in [2.45, 2.75) is 25.8 Å². The summed E-state index contributed by atoms with van der Waals surface area (Å²) >= 11 is 5.96. The van der Waals surface area contributed by atoms with Gasteiger partial charge in [0, 0.05) is 12.1 Å². The molecule has 2 aromatic heterocycles. The van der Waals surface area contributed by atoms with Crippen LogP contribution in [0, 0.1) is 0 Å². The van der Waals surface area contributed by atoms with Crippen LogP contribution in [0.3, 0.4) is 0 Å². The number of carbonyl (C=O) groups excluding carboxylic acids is 1. The van der Waals surface area contributed by atoms with Crippen molar-refractivity contribution in [2.24, 2.45) is 0 Å². The van der Waals surface area contributed by atoms with Crippen molar-refractivity contribution in [3.8, 4) is 0 Å². The molecule has 17 heavy (non-hydrogen) atoms. The first-order chi connectivity index (χ1) is 8.15. The highest BCUT2D eigenvalue weighted by molar-refractivity contribution is 6.29. The highest BCUT2D eigenvalue weighted by atomic mass is 35.5. The van der Waals surface area contributed by atoms with Crippen LogP contribution in [0.4, 0.5) is 5.82 Å². The summed E-state index contributed by atoms with van der Waals surface area (Å²) in [6, 6.07) is 2.21. The Hall–Kier alpha value is -1.62. The van der Waals surface area contributed by atoms with E-state index in [1.807, 2.05) is 0 Å². The molecule has 0 aliphatic heterocycles. The number of Topliss-reactive ketones (excluding diaryl/α,β-unsaturated/α-hetero) is 1. The molecule has 5 nitrogen and oxygen atoms in total. The predicted octanol–water partition coefficient (Wildman–Crippen LogP) is 2.16. The molecule has 1 fully saturated rings. The number of ketones is 1. The lowest BCUT2D eigenvalue weighted by Gasteiger charge is -2.07. The normalized spacial score (nSPS) is 15.2. The molecule has 1 N–H and O–H groups in total. The van der Waals surface area contributed by atoms with E-state index in [-0.39, 0.29) is 5.78 Å². The largest absolute Gasteiger partial charge is 0.367 e. The van der Waals surface area contributed by atoms with Crippen molar-refractivity contribution < 1.29 is 4.79 Å². The predicted molar refractivity (Wildman–Crippen MR) is 64.6 cm³/mol. The molecule has 1 aliphatic rings. The summed E-state index contributed by atoms with van der Waals surface area (Å²) < 4.78 is 1.63. The molecule has 0 amide bonds. The number of anilines is 1. The van der Waals surface area contributed by atoms with Crippen LogP contribution in [0.5, 0.6) is 0 Å². The molecule has 2 heterocycles. The Morgan fingerprint density at radius 2 is 2.35 bits per heavy atom. The standard InChI is InChI=1S/C11H11ClN4O/c1-6(17)8-5-13-16-10(14-7-2-3-7)4-9(12)15-11(8)16/h4-5,7,14H,2-3H2,1H3. The van der Waals surface area contributed by atoms with Crippen LogP contribution in [0.25, 0.3) is 5.65 Å². The van der Waals surface area contributed by atoms with Crippen molar-refractivity contribution in [1.82, 2.24) is 14.6 Å². The summed E-state index contributed by atoms with van der Waals surface area (Å²) in [5.41, 5.74) is 1.000. The number of aromatic nitrogens is 3. The van der Waals surface area contributed by atoms with Crippen molar-refractivity contribution in [3.05, 3.63) is 23.0 Å². The topological polar surface area (TPSA) is 59.3 Å². The van der Waals surface area contributed by atoms with Gasteiger partial charge in [-0.15, -0.1) is 0 Å². The second-order valence-corrected chi connectivity index (χ2v) is 4.62. The van der Waals surface area contributed by atoms with Gasteiger partial charge in [0.1, 0.15) is 11.0 Å². The summed E-state index contributed by atoms with van der Waals surface area (Å²) in [7, 11) is 0. The molecule has 0 spiro atoms. The third-order valence-corrected chi connectivity index (χ3v) is 2.94. The Morgan fingerprint density at radius 1 is 1.59 bits per heavy atom. The third kappa shape index (κ3) is 1.86. The number of fused-ring (bicyclic) bond motifs is 1. The Kier molecular flexibility index (Phi) is 2.29. The first kappa shape index (κ1) is 10.5. The second kappa shape index (κ2) is 3.70. The Labute approximate surface area is 103 Å². The molecule has 0 bridgehead atoms. The van der Waals surface area contributed by atoms with E-state index < -0.39 is 0 Å².